The number of carbonyl (C=O) groups is 2. The molecular formula is C24H24N3O6S-. The highest BCUT2D eigenvalue weighted by Crippen LogP contribution is 2.20. The molecule has 10 heteroatoms. The van der Waals surface area contributed by atoms with Crippen LogP contribution in [0.25, 0.3) is 11.1 Å². The Bertz CT molecular complexity index is 1240. The van der Waals surface area contributed by atoms with Gasteiger partial charge in [-0.25, -0.2) is 5.48 Å². The third-order valence-electron chi connectivity index (χ3n) is 5.55. The molecule has 0 saturated carbocycles. The van der Waals surface area contributed by atoms with Gasteiger partial charge in [0.1, 0.15) is 4.75 Å². The Balaban J connectivity index is 1.67. The van der Waals surface area contributed by atoms with Gasteiger partial charge in [0.2, 0.25) is 0 Å². The maximum Gasteiger partial charge on any atom is 0.260 e. The molecule has 2 amide bonds. The van der Waals surface area contributed by atoms with Crippen molar-refractivity contribution < 1.29 is 23.6 Å². The summed E-state index contributed by atoms with van der Waals surface area (Å²) >= 11 is -2.80. The number of hydrogen-bond donors (Lipinski definition) is 3. The number of rotatable bonds is 9. The van der Waals surface area contributed by atoms with Crippen molar-refractivity contribution in [2.45, 2.75) is 31.2 Å². The summed E-state index contributed by atoms with van der Waals surface area (Å²) in [4.78, 5) is 36.7. The number of aryl methyl sites for hydroxylation is 1. The Labute approximate surface area is 198 Å². The van der Waals surface area contributed by atoms with Crippen LogP contribution in [0.3, 0.4) is 0 Å². The molecule has 3 N–H and O–H groups in total. The van der Waals surface area contributed by atoms with Crippen molar-refractivity contribution in [1.29, 1.82) is 0 Å². The van der Waals surface area contributed by atoms with Gasteiger partial charge < -0.3 is 14.4 Å². The number of benzene rings is 2. The van der Waals surface area contributed by atoms with Gasteiger partial charge in [0.15, 0.2) is 0 Å². The topological polar surface area (TPSA) is 141 Å². The molecule has 3 rings (SSSR count). The number of nitrogens with one attached hydrogen (secondary N) is 2. The number of nitrogens with zero attached hydrogens (tertiary/aromatic N) is 1. The van der Waals surface area contributed by atoms with Crippen LogP contribution in [-0.2, 0) is 29.0 Å². The van der Waals surface area contributed by atoms with E-state index in [0.29, 0.717) is 17.7 Å². The van der Waals surface area contributed by atoms with Crippen molar-refractivity contribution in [2.75, 3.05) is 0 Å². The van der Waals surface area contributed by atoms with Crippen LogP contribution < -0.4 is 16.4 Å². The van der Waals surface area contributed by atoms with Crippen LogP contribution in [0.4, 0.5) is 0 Å². The summed E-state index contributed by atoms with van der Waals surface area (Å²) in [7, 11) is 0. The van der Waals surface area contributed by atoms with Crippen LogP contribution in [-0.4, -0.2) is 35.1 Å². The third kappa shape index (κ3) is 5.84. The summed E-state index contributed by atoms with van der Waals surface area (Å²) < 4.78 is 22.3. The average Bonchev–Trinajstić information content (AvgIpc) is 2.86. The quantitative estimate of drug-likeness (QED) is 0.242. The lowest BCUT2D eigenvalue weighted by Crippen LogP contribution is -2.47. The summed E-state index contributed by atoms with van der Waals surface area (Å²) in [5.74, 6) is -1.28. The molecule has 0 aliphatic rings. The number of hydrogen-bond acceptors (Lipinski definition) is 6. The van der Waals surface area contributed by atoms with Crippen LogP contribution in [0.1, 0.15) is 29.3 Å². The minimum absolute atomic E-state index is 0.0441. The molecule has 2 atom stereocenters. The Morgan fingerprint density at radius 1 is 1.06 bits per heavy atom. The van der Waals surface area contributed by atoms with Crippen LogP contribution in [0.2, 0.25) is 0 Å². The highest BCUT2D eigenvalue weighted by Gasteiger charge is 2.34. The maximum atomic E-state index is 12.5. The van der Waals surface area contributed by atoms with Crippen LogP contribution in [0, 0.1) is 0 Å². The van der Waals surface area contributed by atoms with Crippen molar-refractivity contribution in [1.82, 2.24) is 15.4 Å². The van der Waals surface area contributed by atoms with Gasteiger partial charge in [0, 0.05) is 30.9 Å². The van der Waals surface area contributed by atoms with Gasteiger partial charge in [-0.3, -0.25) is 23.8 Å². The van der Waals surface area contributed by atoms with E-state index in [2.05, 4.69) is 5.32 Å². The molecular weight excluding hydrogens is 458 g/mol. The van der Waals surface area contributed by atoms with Crippen molar-refractivity contribution in [3.05, 3.63) is 94.4 Å². The molecule has 3 aromatic rings. The Hall–Kier alpha value is -3.60. The Morgan fingerprint density at radius 2 is 1.74 bits per heavy atom. The van der Waals surface area contributed by atoms with Crippen LogP contribution >= 0.6 is 0 Å². The fraction of sp³-hybridized carbons (Fsp3) is 0.208. The molecule has 0 bridgehead atoms. The molecule has 2 aromatic carbocycles. The summed E-state index contributed by atoms with van der Waals surface area (Å²) in [6, 6.07) is 19.4. The predicted octanol–water partition coefficient (Wildman–Crippen LogP) is 1.98. The molecule has 0 aliphatic carbocycles. The summed E-state index contributed by atoms with van der Waals surface area (Å²) in [5, 5.41) is 11.7. The first kappa shape index (κ1) is 25.0. The largest absolute Gasteiger partial charge is 0.772 e. The molecule has 2 unspecified atom stereocenters. The van der Waals surface area contributed by atoms with E-state index < -0.39 is 21.7 Å². The molecule has 0 fully saturated rings. The molecule has 0 radical (unpaired) electrons. The second kappa shape index (κ2) is 11.0. The van der Waals surface area contributed by atoms with E-state index in [-0.39, 0.29) is 24.4 Å². The predicted molar refractivity (Wildman–Crippen MR) is 126 cm³/mol. The van der Waals surface area contributed by atoms with Gasteiger partial charge in [-0.05, 0) is 59.3 Å². The van der Waals surface area contributed by atoms with Gasteiger partial charge in [0.25, 0.3) is 17.4 Å². The minimum Gasteiger partial charge on any atom is -0.772 e. The van der Waals surface area contributed by atoms with Crippen LogP contribution in [0.5, 0.6) is 0 Å². The highest BCUT2D eigenvalue weighted by molar-refractivity contribution is 7.81. The van der Waals surface area contributed by atoms with E-state index in [9.17, 15) is 23.1 Å². The van der Waals surface area contributed by atoms with Crippen molar-refractivity contribution in [3.8, 4) is 11.1 Å². The lowest BCUT2D eigenvalue weighted by atomic mass is 10.0. The molecule has 1 heterocycles. The van der Waals surface area contributed by atoms with Crippen molar-refractivity contribution in [2.24, 2.45) is 0 Å². The van der Waals surface area contributed by atoms with E-state index in [1.165, 1.54) is 29.2 Å². The molecule has 0 spiro atoms. The molecule has 0 saturated heterocycles. The highest BCUT2D eigenvalue weighted by atomic mass is 32.2. The standard InChI is InChI=1S/C24H25N3O6S/c1-24(34(32)33,23(30)26-31)12-14-27-13-11-20(15-21(27)28)18-7-9-19(10-8-18)22(29)25-16-17-5-3-2-4-6-17/h2-11,13,15,31H,12,14,16H2,1H3,(H,25,29)(H,26,30)(H,32,33)/p-1. The normalized spacial score (nSPS) is 13.5. The van der Waals surface area contributed by atoms with Gasteiger partial charge in [-0.2, -0.15) is 0 Å². The Kier molecular flexibility index (Phi) is 8.11. The van der Waals surface area contributed by atoms with E-state index in [4.69, 9.17) is 5.21 Å². The molecule has 0 aliphatic heterocycles. The zero-order chi connectivity index (χ0) is 24.7. The molecule has 34 heavy (non-hydrogen) atoms. The second-order valence-corrected chi connectivity index (χ2v) is 9.22. The lowest BCUT2D eigenvalue weighted by Gasteiger charge is -2.29. The molecule has 1 aromatic heterocycles. The van der Waals surface area contributed by atoms with Crippen molar-refractivity contribution in [3.63, 3.8) is 0 Å². The number of amides is 2. The van der Waals surface area contributed by atoms with Gasteiger partial charge in [-0.15, -0.1) is 0 Å². The first-order valence-electron chi connectivity index (χ1n) is 10.4. The van der Waals surface area contributed by atoms with Gasteiger partial charge in [-0.1, -0.05) is 42.5 Å². The van der Waals surface area contributed by atoms with E-state index in [1.807, 2.05) is 30.3 Å². The van der Waals surface area contributed by atoms with Crippen molar-refractivity contribution >= 4 is 22.9 Å². The van der Waals surface area contributed by atoms with Crippen LogP contribution in [0.15, 0.2) is 77.7 Å². The van der Waals surface area contributed by atoms with E-state index in [1.54, 1.807) is 30.3 Å². The summed E-state index contributed by atoms with van der Waals surface area (Å²) in [6.45, 7) is 1.54. The average molecular weight is 483 g/mol. The zero-order valence-corrected chi connectivity index (χ0v) is 19.2. The maximum absolute atomic E-state index is 12.5. The summed E-state index contributed by atoms with van der Waals surface area (Å²) in [5.41, 5.74) is 3.80. The smallest absolute Gasteiger partial charge is 0.260 e. The third-order valence-corrected chi connectivity index (χ3v) is 6.68. The molecule has 9 nitrogen and oxygen atoms in total. The second-order valence-electron chi connectivity index (χ2n) is 7.85. The first-order chi connectivity index (χ1) is 16.2. The van der Waals surface area contributed by atoms with E-state index >= 15 is 0 Å². The number of pyridine rings is 1. The molecule has 178 valence electrons. The number of carbonyl (C=O) groups excluding carboxylic acids is 2. The first-order valence-corrected chi connectivity index (χ1v) is 11.5. The Morgan fingerprint density at radius 3 is 2.32 bits per heavy atom. The number of aromatic nitrogens is 1. The fourth-order valence-corrected chi connectivity index (χ4v) is 3.75. The van der Waals surface area contributed by atoms with Gasteiger partial charge >= 0.3 is 0 Å². The lowest BCUT2D eigenvalue weighted by molar-refractivity contribution is -0.131. The summed E-state index contributed by atoms with van der Waals surface area (Å²) in [6.07, 6.45) is 1.30. The van der Waals surface area contributed by atoms with Gasteiger partial charge in [0.05, 0.1) is 0 Å². The fourth-order valence-electron chi connectivity index (χ4n) is 3.29. The number of hydroxylamine groups is 1. The zero-order valence-electron chi connectivity index (χ0n) is 18.4. The minimum atomic E-state index is -2.80. The monoisotopic (exact) mass is 482 g/mol. The SMILES string of the molecule is CC(CCn1ccc(-c2ccc(C(=O)NCc3ccccc3)cc2)cc1=O)(C(=O)NO)S(=O)[O-]. The van der Waals surface area contributed by atoms with E-state index in [0.717, 1.165) is 11.1 Å².